The molecule has 2 aromatic carbocycles. The maximum Gasteiger partial charge on any atom is 0.0427 e. The number of aryl methyl sites for hydroxylation is 1. The Labute approximate surface area is 134 Å². The fourth-order valence-electron chi connectivity index (χ4n) is 3.14. The van der Waals surface area contributed by atoms with Crippen LogP contribution >= 0.6 is 0 Å². The maximum atomic E-state index is 6.33. The molecule has 0 saturated carbocycles. The van der Waals surface area contributed by atoms with Crippen LogP contribution in [-0.2, 0) is 6.42 Å². The summed E-state index contributed by atoms with van der Waals surface area (Å²) in [5, 5.41) is 2.16. The SMILES string of the molecule is CCCCCCCCCCc1cc(N)c2ccccc2c1N. The molecule has 4 N–H and O–H groups in total. The smallest absolute Gasteiger partial charge is 0.0427 e. The van der Waals surface area contributed by atoms with Gasteiger partial charge in [-0.15, -0.1) is 0 Å². The third-order valence-corrected chi connectivity index (χ3v) is 4.50. The van der Waals surface area contributed by atoms with Crippen molar-refractivity contribution in [3.8, 4) is 0 Å². The zero-order valence-corrected chi connectivity index (χ0v) is 13.9. The van der Waals surface area contributed by atoms with Crippen molar-refractivity contribution in [2.75, 3.05) is 11.5 Å². The molecule has 0 unspecified atom stereocenters. The minimum absolute atomic E-state index is 0.847. The molecule has 2 heteroatoms. The van der Waals surface area contributed by atoms with Gasteiger partial charge in [0.2, 0.25) is 0 Å². The zero-order valence-electron chi connectivity index (χ0n) is 13.9. The molecular weight excluding hydrogens is 268 g/mol. The van der Waals surface area contributed by atoms with Crippen LogP contribution in [0.3, 0.4) is 0 Å². The summed E-state index contributed by atoms with van der Waals surface area (Å²) < 4.78 is 0. The van der Waals surface area contributed by atoms with Gasteiger partial charge in [0.05, 0.1) is 0 Å². The second kappa shape index (κ2) is 8.67. The van der Waals surface area contributed by atoms with Crippen molar-refractivity contribution in [3.05, 3.63) is 35.9 Å². The number of anilines is 2. The number of nitrogen functional groups attached to an aromatic ring is 2. The highest BCUT2D eigenvalue weighted by Crippen LogP contribution is 2.31. The Morgan fingerprint density at radius 2 is 1.36 bits per heavy atom. The van der Waals surface area contributed by atoms with E-state index < -0.39 is 0 Å². The summed E-state index contributed by atoms with van der Waals surface area (Å²) in [4.78, 5) is 0. The second-order valence-electron chi connectivity index (χ2n) is 6.31. The molecule has 0 aliphatic carbocycles. The first-order valence-electron chi connectivity index (χ1n) is 8.79. The van der Waals surface area contributed by atoms with E-state index in [4.69, 9.17) is 11.5 Å². The quantitative estimate of drug-likeness (QED) is 0.461. The van der Waals surface area contributed by atoms with Gasteiger partial charge in [0.25, 0.3) is 0 Å². The monoisotopic (exact) mass is 298 g/mol. The maximum absolute atomic E-state index is 6.33. The summed E-state index contributed by atoms with van der Waals surface area (Å²) in [6.07, 6.45) is 11.7. The highest BCUT2D eigenvalue weighted by Gasteiger charge is 2.07. The van der Waals surface area contributed by atoms with Crippen LogP contribution < -0.4 is 11.5 Å². The van der Waals surface area contributed by atoms with Crippen molar-refractivity contribution >= 4 is 22.1 Å². The summed E-state index contributed by atoms with van der Waals surface area (Å²) in [6.45, 7) is 2.26. The lowest BCUT2D eigenvalue weighted by Crippen LogP contribution is -1.99. The van der Waals surface area contributed by atoms with E-state index in [0.717, 1.165) is 28.6 Å². The van der Waals surface area contributed by atoms with E-state index in [1.54, 1.807) is 0 Å². The van der Waals surface area contributed by atoms with Gasteiger partial charge in [-0.05, 0) is 24.5 Å². The van der Waals surface area contributed by atoms with Crippen molar-refractivity contribution in [1.82, 2.24) is 0 Å². The van der Waals surface area contributed by atoms with Crippen LogP contribution in [-0.4, -0.2) is 0 Å². The van der Waals surface area contributed by atoms with Gasteiger partial charge in [-0.3, -0.25) is 0 Å². The predicted molar refractivity (Wildman–Crippen MR) is 99.1 cm³/mol. The highest BCUT2D eigenvalue weighted by atomic mass is 14.6. The first-order chi connectivity index (χ1) is 10.7. The Morgan fingerprint density at radius 3 is 2.05 bits per heavy atom. The van der Waals surface area contributed by atoms with Crippen molar-refractivity contribution < 1.29 is 0 Å². The standard InChI is InChI=1S/C20H30N2/c1-2-3-4-5-6-7-8-9-12-16-15-19(21)17-13-10-11-14-18(17)20(16)22/h10-11,13-15H,2-9,12,21-22H2,1H3. The molecule has 2 aromatic rings. The van der Waals surface area contributed by atoms with Crippen LogP contribution in [0, 0.1) is 0 Å². The number of unbranched alkanes of at least 4 members (excludes halogenated alkanes) is 7. The lowest BCUT2D eigenvalue weighted by Gasteiger charge is -2.12. The van der Waals surface area contributed by atoms with E-state index in [9.17, 15) is 0 Å². The molecule has 0 radical (unpaired) electrons. The average Bonchev–Trinajstić information content (AvgIpc) is 2.54. The number of benzene rings is 2. The Kier molecular flexibility index (Phi) is 6.57. The predicted octanol–water partition coefficient (Wildman–Crippen LogP) is 5.69. The van der Waals surface area contributed by atoms with Crippen molar-refractivity contribution in [2.24, 2.45) is 0 Å². The summed E-state index contributed by atoms with van der Waals surface area (Å²) >= 11 is 0. The third-order valence-electron chi connectivity index (χ3n) is 4.50. The minimum Gasteiger partial charge on any atom is -0.398 e. The van der Waals surface area contributed by atoms with Gasteiger partial charge in [-0.2, -0.15) is 0 Å². The molecule has 0 spiro atoms. The van der Waals surface area contributed by atoms with Gasteiger partial charge in [-0.25, -0.2) is 0 Å². The third kappa shape index (κ3) is 4.40. The molecule has 120 valence electrons. The molecule has 0 fully saturated rings. The first kappa shape index (κ1) is 16.7. The van der Waals surface area contributed by atoms with E-state index in [0.29, 0.717) is 0 Å². The number of fused-ring (bicyclic) bond motifs is 1. The fourth-order valence-corrected chi connectivity index (χ4v) is 3.14. The van der Waals surface area contributed by atoms with E-state index >= 15 is 0 Å². The molecular formula is C20H30N2. The van der Waals surface area contributed by atoms with Crippen molar-refractivity contribution in [3.63, 3.8) is 0 Å². The van der Waals surface area contributed by atoms with Crippen LogP contribution in [0.4, 0.5) is 11.4 Å². The Bertz CT molecular complexity index is 590. The van der Waals surface area contributed by atoms with Gasteiger partial charge in [0, 0.05) is 22.1 Å². The summed E-state index contributed by atoms with van der Waals surface area (Å²) in [5.41, 5.74) is 15.5. The van der Waals surface area contributed by atoms with Crippen LogP contribution in [0.25, 0.3) is 10.8 Å². The normalized spacial score (nSPS) is 11.1. The van der Waals surface area contributed by atoms with Gasteiger partial charge in [0.1, 0.15) is 0 Å². The lowest BCUT2D eigenvalue weighted by molar-refractivity contribution is 0.576. The number of hydrogen-bond donors (Lipinski definition) is 2. The van der Waals surface area contributed by atoms with Gasteiger partial charge < -0.3 is 11.5 Å². The van der Waals surface area contributed by atoms with Gasteiger partial charge in [-0.1, -0.05) is 76.1 Å². The van der Waals surface area contributed by atoms with E-state index in [1.165, 1.54) is 56.9 Å². The molecule has 22 heavy (non-hydrogen) atoms. The second-order valence-corrected chi connectivity index (χ2v) is 6.31. The molecule has 0 aliphatic heterocycles. The lowest BCUT2D eigenvalue weighted by atomic mass is 9.98. The summed E-state index contributed by atoms with van der Waals surface area (Å²) in [6, 6.07) is 10.2. The summed E-state index contributed by atoms with van der Waals surface area (Å²) in [5.74, 6) is 0. The van der Waals surface area contributed by atoms with Gasteiger partial charge >= 0.3 is 0 Å². The Hall–Kier alpha value is -1.70. The number of nitrogens with two attached hydrogens (primary N) is 2. The summed E-state index contributed by atoms with van der Waals surface area (Å²) in [7, 11) is 0. The van der Waals surface area contributed by atoms with Crippen LogP contribution in [0.2, 0.25) is 0 Å². The van der Waals surface area contributed by atoms with Crippen LogP contribution in [0.15, 0.2) is 30.3 Å². The Morgan fingerprint density at radius 1 is 0.773 bits per heavy atom. The molecule has 0 saturated heterocycles. The molecule has 0 amide bonds. The van der Waals surface area contributed by atoms with E-state index in [2.05, 4.69) is 19.1 Å². The molecule has 0 heterocycles. The largest absolute Gasteiger partial charge is 0.398 e. The number of rotatable bonds is 9. The van der Waals surface area contributed by atoms with Crippen molar-refractivity contribution in [1.29, 1.82) is 0 Å². The van der Waals surface area contributed by atoms with Gasteiger partial charge in [0.15, 0.2) is 0 Å². The first-order valence-corrected chi connectivity index (χ1v) is 8.79. The van der Waals surface area contributed by atoms with E-state index in [1.807, 2.05) is 18.2 Å². The topological polar surface area (TPSA) is 52.0 Å². The van der Waals surface area contributed by atoms with Crippen LogP contribution in [0.5, 0.6) is 0 Å². The fraction of sp³-hybridized carbons (Fsp3) is 0.500. The molecule has 2 nitrogen and oxygen atoms in total. The average molecular weight is 298 g/mol. The molecule has 0 bridgehead atoms. The zero-order chi connectivity index (χ0) is 15.8. The highest BCUT2D eigenvalue weighted by molar-refractivity contribution is 6.01. The van der Waals surface area contributed by atoms with E-state index in [-0.39, 0.29) is 0 Å². The molecule has 0 atom stereocenters. The number of hydrogen-bond acceptors (Lipinski definition) is 2. The molecule has 2 rings (SSSR count). The van der Waals surface area contributed by atoms with Crippen LogP contribution in [0.1, 0.15) is 63.9 Å². The minimum atomic E-state index is 0.847. The molecule has 0 aliphatic rings. The van der Waals surface area contributed by atoms with Crippen molar-refractivity contribution in [2.45, 2.75) is 64.7 Å². The molecule has 0 aromatic heterocycles. The Balaban J connectivity index is 1.83.